The van der Waals surface area contributed by atoms with Crippen molar-refractivity contribution in [1.82, 2.24) is 0 Å². The maximum absolute atomic E-state index is 3.92. The van der Waals surface area contributed by atoms with E-state index in [1.807, 2.05) is 0 Å². The van der Waals surface area contributed by atoms with Crippen molar-refractivity contribution in [3.63, 3.8) is 0 Å². The number of halogens is 3. The van der Waals surface area contributed by atoms with E-state index in [0.717, 1.165) is 12.8 Å². The fraction of sp³-hybridized carbons (Fsp3) is 0.185. The molecule has 0 bridgehead atoms. The Morgan fingerprint density at radius 1 is 0.719 bits per heavy atom. The van der Waals surface area contributed by atoms with Crippen LogP contribution in [0.4, 0.5) is 0 Å². The molecule has 1 aliphatic carbocycles. The van der Waals surface area contributed by atoms with Crippen LogP contribution in [0.15, 0.2) is 108 Å². The second-order valence-electron chi connectivity index (χ2n) is 7.62. The maximum atomic E-state index is 3.92. The molecule has 4 rings (SSSR count). The number of hydrogen-bond donors (Lipinski definition) is 0. The Hall–Kier alpha value is -1.06. The Morgan fingerprint density at radius 2 is 1.09 bits per heavy atom. The Kier molecular flexibility index (Phi) is 13.8. The quantitative estimate of drug-likeness (QED) is 0.171. The van der Waals surface area contributed by atoms with Crippen molar-refractivity contribution in [3.8, 4) is 0 Å². The summed E-state index contributed by atoms with van der Waals surface area (Å²) in [5.41, 5.74) is 1.39. The van der Waals surface area contributed by atoms with Gasteiger partial charge in [-0.2, -0.15) is 5.20 Å². The minimum absolute atomic E-state index is 0. The Balaban J connectivity index is 0.00000240. The molecule has 0 aliphatic heterocycles. The van der Waals surface area contributed by atoms with Gasteiger partial charge < -0.3 is 37.2 Å². The van der Waals surface area contributed by atoms with Gasteiger partial charge in [0.1, 0.15) is 0 Å². The molecule has 0 saturated carbocycles. The van der Waals surface area contributed by atoms with Gasteiger partial charge in [0.15, 0.2) is 8.07 Å². The number of hydrogen-bond acceptors (Lipinski definition) is 0. The normalized spacial score (nSPS) is 13.2. The van der Waals surface area contributed by atoms with Gasteiger partial charge in [-0.05, 0) is 15.6 Å². The van der Waals surface area contributed by atoms with Crippen molar-refractivity contribution in [2.45, 2.75) is 26.7 Å². The number of benzene rings is 3. The van der Waals surface area contributed by atoms with Crippen LogP contribution in [0, 0.1) is 12.0 Å². The molecule has 32 heavy (non-hydrogen) atoms. The summed E-state index contributed by atoms with van der Waals surface area (Å²) in [6.07, 6.45) is 8.49. The van der Waals surface area contributed by atoms with Crippen molar-refractivity contribution >= 4 is 23.6 Å². The Bertz CT molecular complexity index is 893. The van der Waals surface area contributed by atoms with Crippen LogP contribution >= 0.6 is 0 Å². The summed E-state index contributed by atoms with van der Waals surface area (Å²) in [6.45, 7) is 4.58. The van der Waals surface area contributed by atoms with E-state index in [2.05, 4.69) is 117 Å². The maximum Gasteiger partial charge on any atom is 4.00 e. The van der Waals surface area contributed by atoms with Gasteiger partial charge in [0, 0.05) is 0 Å². The van der Waals surface area contributed by atoms with E-state index >= 15 is 0 Å². The molecule has 1 aliphatic rings. The average molecular weight is 534 g/mol. The summed E-state index contributed by atoms with van der Waals surface area (Å²) < 4.78 is 0. The molecule has 164 valence electrons. The summed E-state index contributed by atoms with van der Waals surface area (Å²) in [5, 5.41) is 5.79. The van der Waals surface area contributed by atoms with Gasteiger partial charge in [-0.25, -0.2) is 11.6 Å². The zero-order valence-electron chi connectivity index (χ0n) is 18.4. The summed E-state index contributed by atoms with van der Waals surface area (Å²) in [4.78, 5) is 0. The summed E-state index contributed by atoms with van der Waals surface area (Å²) in [6, 6.07) is 33.4. The van der Waals surface area contributed by atoms with Crippen LogP contribution < -0.4 is 52.8 Å². The van der Waals surface area contributed by atoms with Crippen LogP contribution in [0.3, 0.4) is 0 Å². The predicted molar refractivity (Wildman–Crippen MR) is 123 cm³/mol. The van der Waals surface area contributed by atoms with E-state index in [1.54, 1.807) is 0 Å². The van der Waals surface area contributed by atoms with E-state index in [9.17, 15) is 0 Å². The van der Waals surface area contributed by atoms with Gasteiger partial charge in [0.2, 0.25) is 0 Å². The third kappa shape index (κ3) is 5.89. The fourth-order valence-electron chi connectivity index (χ4n) is 4.37. The van der Waals surface area contributed by atoms with E-state index in [-0.39, 0.29) is 58.9 Å². The molecule has 0 saturated heterocycles. The monoisotopic (exact) mass is 532 g/mol. The smallest absolute Gasteiger partial charge is 1.00 e. The SMILES string of the molecule is CCC(C)C1=CCC([Si](c2ccccc2)(c2ccccc2)c2ccccc2)=[C-]1.[Cl-].[Cl-].[Cl-].[Ti+4]. The predicted octanol–water partition coefficient (Wildman–Crippen LogP) is -4.19. The standard InChI is InChI=1S/C27H27Si.3ClH.Ti/c1-3-22(2)23-19-20-27(21-23)28(24-13-7-4-8-14-24,25-15-9-5-10-16-25)26-17-11-6-12-18-26;;;;/h4-19,22H,3,20H2,1-2H3;3*1H;/q-1;;;;+4/p-3. The molecule has 1 atom stereocenters. The molecule has 0 N–H and O–H groups in total. The van der Waals surface area contributed by atoms with Gasteiger partial charge in [0.05, 0.1) is 0 Å². The first kappa shape index (κ1) is 30.9. The number of allylic oxidation sites excluding steroid dienone is 4. The van der Waals surface area contributed by atoms with E-state index in [0.29, 0.717) is 5.92 Å². The van der Waals surface area contributed by atoms with Crippen molar-refractivity contribution in [2.75, 3.05) is 0 Å². The topological polar surface area (TPSA) is 0 Å². The van der Waals surface area contributed by atoms with Gasteiger partial charge in [0.25, 0.3) is 0 Å². The molecular weight excluding hydrogens is 507 g/mol. The molecule has 0 amide bonds. The molecule has 0 spiro atoms. The van der Waals surface area contributed by atoms with Crippen LogP contribution in [0.1, 0.15) is 26.7 Å². The van der Waals surface area contributed by atoms with Crippen LogP contribution in [0.5, 0.6) is 0 Å². The first-order valence-electron chi connectivity index (χ1n) is 10.3. The third-order valence-electron chi connectivity index (χ3n) is 6.04. The van der Waals surface area contributed by atoms with Crippen LogP contribution in [-0.2, 0) is 21.7 Å². The van der Waals surface area contributed by atoms with Crippen molar-refractivity contribution in [2.24, 2.45) is 5.92 Å². The van der Waals surface area contributed by atoms with Gasteiger partial charge >= 0.3 is 21.7 Å². The summed E-state index contributed by atoms with van der Waals surface area (Å²) in [5.74, 6) is 0.562. The first-order chi connectivity index (χ1) is 13.8. The van der Waals surface area contributed by atoms with Gasteiger partial charge in [-0.15, -0.1) is 0 Å². The zero-order chi connectivity index (χ0) is 19.4. The van der Waals surface area contributed by atoms with Crippen LogP contribution in [0.2, 0.25) is 0 Å². The second kappa shape index (κ2) is 14.3. The molecule has 1 unspecified atom stereocenters. The summed E-state index contributed by atoms with van der Waals surface area (Å²) >= 11 is 0. The molecule has 0 nitrogen and oxygen atoms in total. The molecule has 3 aromatic carbocycles. The number of rotatable bonds is 6. The Morgan fingerprint density at radius 3 is 1.44 bits per heavy atom. The second-order valence-corrected chi connectivity index (χ2v) is 11.5. The van der Waals surface area contributed by atoms with Crippen LogP contribution in [0.25, 0.3) is 0 Å². The first-order valence-corrected chi connectivity index (χ1v) is 12.3. The zero-order valence-corrected chi connectivity index (χ0v) is 23.2. The average Bonchev–Trinajstić information content (AvgIpc) is 3.26. The molecular formula is C27H27Cl3SiTi. The third-order valence-corrected chi connectivity index (χ3v) is 10.9. The van der Waals surface area contributed by atoms with Crippen molar-refractivity contribution in [3.05, 3.63) is 114 Å². The Labute approximate surface area is 227 Å². The van der Waals surface area contributed by atoms with Crippen molar-refractivity contribution < 1.29 is 58.9 Å². The van der Waals surface area contributed by atoms with E-state index in [1.165, 1.54) is 26.3 Å². The van der Waals surface area contributed by atoms with Crippen LogP contribution in [-0.4, -0.2) is 8.07 Å². The largest absolute Gasteiger partial charge is 4.00 e. The summed E-state index contributed by atoms with van der Waals surface area (Å²) in [7, 11) is -2.34. The van der Waals surface area contributed by atoms with Gasteiger partial charge in [-0.3, -0.25) is 6.08 Å². The molecule has 0 radical (unpaired) electrons. The minimum Gasteiger partial charge on any atom is -1.00 e. The minimum atomic E-state index is -2.34. The molecule has 3 aromatic rings. The molecule has 0 heterocycles. The molecule has 0 fully saturated rings. The van der Waals surface area contributed by atoms with Crippen molar-refractivity contribution in [1.29, 1.82) is 0 Å². The van der Waals surface area contributed by atoms with E-state index < -0.39 is 8.07 Å². The molecule has 0 aromatic heterocycles. The van der Waals surface area contributed by atoms with E-state index in [4.69, 9.17) is 0 Å². The van der Waals surface area contributed by atoms with Gasteiger partial charge in [-0.1, -0.05) is 124 Å². The fourth-order valence-corrected chi connectivity index (χ4v) is 9.23. The molecule has 5 heteroatoms.